The number of aryl methyl sites for hydroxylation is 1. The van der Waals surface area contributed by atoms with Gasteiger partial charge in [0.1, 0.15) is 0 Å². The molecule has 1 N–H and O–H groups in total. The number of hydrogen-bond donors (Lipinski definition) is 1. The predicted molar refractivity (Wildman–Crippen MR) is 78.8 cm³/mol. The van der Waals surface area contributed by atoms with E-state index in [0.717, 1.165) is 0 Å². The molecular formula is C16H18O6. The lowest BCUT2D eigenvalue weighted by Gasteiger charge is -2.09. The van der Waals surface area contributed by atoms with Crippen molar-refractivity contribution < 1.29 is 29.0 Å². The molecule has 0 heterocycles. The van der Waals surface area contributed by atoms with Gasteiger partial charge in [0, 0.05) is 5.57 Å². The van der Waals surface area contributed by atoms with Crippen molar-refractivity contribution in [2.75, 3.05) is 13.7 Å². The highest BCUT2D eigenvalue weighted by Gasteiger charge is 2.14. The minimum Gasteiger partial charge on any atom is -0.478 e. The maximum Gasteiger partial charge on any atom is 0.337 e. The van der Waals surface area contributed by atoms with Gasteiger partial charge < -0.3 is 14.6 Å². The third kappa shape index (κ3) is 4.73. The number of carbonyl (C=O) groups is 3. The van der Waals surface area contributed by atoms with Gasteiger partial charge in [0.2, 0.25) is 0 Å². The van der Waals surface area contributed by atoms with Gasteiger partial charge >= 0.3 is 17.9 Å². The van der Waals surface area contributed by atoms with Crippen LogP contribution in [0.1, 0.15) is 39.6 Å². The van der Waals surface area contributed by atoms with Gasteiger partial charge in [-0.3, -0.25) is 0 Å². The Hall–Kier alpha value is -2.63. The first-order valence-electron chi connectivity index (χ1n) is 6.64. The summed E-state index contributed by atoms with van der Waals surface area (Å²) < 4.78 is 9.51. The quantitative estimate of drug-likeness (QED) is 0.472. The van der Waals surface area contributed by atoms with Crippen LogP contribution in [0.4, 0.5) is 0 Å². The van der Waals surface area contributed by atoms with Gasteiger partial charge in [-0.25, -0.2) is 14.4 Å². The fourth-order valence-corrected chi connectivity index (χ4v) is 1.79. The Labute approximate surface area is 128 Å². The van der Waals surface area contributed by atoms with Crippen LogP contribution < -0.4 is 0 Å². The summed E-state index contributed by atoms with van der Waals surface area (Å²) in [6.07, 6.45) is 0.878. The number of carboxylic acids is 1. The van der Waals surface area contributed by atoms with Crippen LogP contribution >= 0.6 is 0 Å². The van der Waals surface area contributed by atoms with Crippen LogP contribution in [0.2, 0.25) is 0 Å². The number of methoxy groups -OCH3 is 1. The Bertz CT molecular complexity index is 603. The lowest BCUT2D eigenvalue weighted by molar-refractivity contribution is -0.139. The average Bonchev–Trinajstić information content (AvgIpc) is 2.50. The molecule has 0 aromatic heterocycles. The van der Waals surface area contributed by atoms with Crippen LogP contribution in [-0.4, -0.2) is 36.7 Å². The van der Waals surface area contributed by atoms with Crippen molar-refractivity contribution >= 4 is 17.9 Å². The van der Waals surface area contributed by atoms with Crippen molar-refractivity contribution in [2.24, 2.45) is 0 Å². The minimum absolute atomic E-state index is 0.0362. The molecule has 0 unspecified atom stereocenters. The Morgan fingerprint density at radius 3 is 2.50 bits per heavy atom. The fraction of sp³-hybridized carbons (Fsp3) is 0.312. The molecule has 1 rings (SSSR count). The van der Waals surface area contributed by atoms with E-state index in [1.807, 2.05) is 0 Å². The van der Waals surface area contributed by atoms with E-state index in [0.29, 0.717) is 24.0 Å². The van der Waals surface area contributed by atoms with Crippen LogP contribution in [0.25, 0.3) is 0 Å². The zero-order valence-electron chi connectivity index (χ0n) is 12.5. The number of rotatable bonds is 7. The first-order valence-corrected chi connectivity index (χ1v) is 6.64. The van der Waals surface area contributed by atoms with Gasteiger partial charge in [0.25, 0.3) is 0 Å². The zero-order chi connectivity index (χ0) is 16.7. The molecule has 0 aliphatic heterocycles. The SMILES string of the molecule is C=C(C)C(=O)OCCCc1ccc(C(=O)OC)cc1C(=O)O. The maximum absolute atomic E-state index is 11.4. The van der Waals surface area contributed by atoms with E-state index in [-0.39, 0.29) is 17.7 Å². The van der Waals surface area contributed by atoms with Gasteiger partial charge in [-0.05, 0) is 37.5 Å². The number of ether oxygens (including phenoxy) is 2. The molecule has 6 heteroatoms. The largest absolute Gasteiger partial charge is 0.478 e. The van der Waals surface area contributed by atoms with Crippen LogP contribution in [-0.2, 0) is 20.7 Å². The van der Waals surface area contributed by atoms with E-state index in [1.165, 1.54) is 19.2 Å². The van der Waals surface area contributed by atoms with E-state index in [2.05, 4.69) is 11.3 Å². The van der Waals surface area contributed by atoms with E-state index >= 15 is 0 Å². The van der Waals surface area contributed by atoms with Crippen LogP contribution in [0, 0.1) is 0 Å². The number of carboxylic acid groups (broad SMARTS) is 1. The summed E-state index contributed by atoms with van der Waals surface area (Å²) in [5.74, 6) is -2.19. The van der Waals surface area contributed by atoms with E-state index in [9.17, 15) is 19.5 Å². The van der Waals surface area contributed by atoms with Gasteiger partial charge in [-0.1, -0.05) is 12.6 Å². The number of carbonyl (C=O) groups excluding carboxylic acids is 2. The molecule has 0 aliphatic rings. The molecule has 118 valence electrons. The zero-order valence-corrected chi connectivity index (χ0v) is 12.5. The molecule has 0 atom stereocenters. The highest BCUT2D eigenvalue weighted by atomic mass is 16.5. The van der Waals surface area contributed by atoms with Crippen molar-refractivity contribution in [1.82, 2.24) is 0 Å². The molecule has 0 radical (unpaired) electrons. The van der Waals surface area contributed by atoms with Gasteiger partial charge in [0.05, 0.1) is 24.8 Å². The van der Waals surface area contributed by atoms with Gasteiger partial charge in [0.15, 0.2) is 0 Å². The molecule has 0 amide bonds. The van der Waals surface area contributed by atoms with Gasteiger partial charge in [-0.15, -0.1) is 0 Å². The maximum atomic E-state index is 11.4. The third-order valence-electron chi connectivity index (χ3n) is 2.93. The molecule has 0 fully saturated rings. The summed E-state index contributed by atoms with van der Waals surface area (Å²) in [6, 6.07) is 4.35. The Morgan fingerprint density at radius 1 is 1.27 bits per heavy atom. The molecular weight excluding hydrogens is 288 g/mol. The summed E-state index contributed by atoms with van der Waals surface area (Å²) in [4.78, 5) is 33.9. The number of benzene rings is 1. The van der Waals surface area contributed by atoms with Crippen LogP contribution in [0.5, 0.6) is 0 Å². The average molecular weight is 306 g/mol. The molecule has 1 aromatic rings. The molecule has 0 aliphatic carbocycles. The monoisotopic (exact) mass is 306 g/mol. The van der Waals surface area contributed by atoms with E-state index in [4.69, 9.17) is 4.74 Å². The smallest absolute Gasteiger partial charge is 0.337 e. The highest BCUT2D eigenvalue weighted by molar-refractivity contribution is 5.95. The molecule has 0 saturated carbocycles. The summed E-state index contributed by atoms with van der Waals surface area (Å²) >= 11 is 0. The third-order valence-corrected chi connectivity index (χ3v) is 2.93. The lowest BCUT2D eigenvalue weighted by Crippen LogP contribution is -2.10. The van der Waals surface area contributed by atoms with E-state index < -0.39 is 17.9 Å². The second-order valence-electron chi connectivity index (χ2n) is 4.69. The second-order valence-corrected chi connectivity index (χ2v) is 4.69. The van der Waals surface area contributed by atoms with Crippen molar-refractivity contribution in [3.63, 3.8) is 0 Å². The number of esters is 2. The molecule has 0 bridgehead atoms. The summed E-state index contributed by atoms with van der Waals surface area (Å²) in [7, 11) is 1.23. The van der Waals surface area contributed by atoms with Crippen LogP contribution in [0.3, 0.4) is 0 Å². The fourth-order valence-electron chi connectivity index (χ4n) is 1.79. The Balaban J connectivity index is 2.74. The topological polar surface area (TPSA) is 89.9 Å². The number of aromatic carboxylic acids is 1. The summed E-state index contributed by atoms with van der Waals surface area (Å²) in [5.41, 5.74) is 1.09. The Morgan fingerprint density at radius 2 is 1.95 bits per heavy atom. The first-order chi connectivity index (χ1) is 10.4. The summed E-state index contributed by atoms with van der Waals surface area (Å²) in [6.45, 7) is 5.19. The normalized spacial score (nSPS) is 9.91. The second kappa shape index (κ2) is 7.97. The van der Waals surface area contributed by atoms with Crippen molar-refractivity contribution in [3.8, 4) is 0 Å². The van der Waals surface area contributed by atoms with Crippen molar-refractivity contribution in [2.45, 2.75) is 19.8 Å². The standard InChI is InChI=1S/C16H18O6/c1-10(2)15(19)22-8-4-5-11-6-7-12(16(20)21-3)9-13(11)14(17)18/h6-7,9H,1,4-5,8H2,2-3H3,(H,17,18). The molecule has 22 heavy (non-hydrogen) atoms. The van der Waals surface area contributed by atoms with Crippen molar-refractivity contribution in [3.05, 3.63) is 47.0 Å². The lowest BCUT2D eigenvalue weighted by atomic mass is 10.00. The highest BCUT2D eigenvalue weighted by Crippen LogP contribution is 2.15. The molecule has 0 saturated heterocycles. The summed E-state index contributed by atoms with van der Waals surface area (Å²) in [5, 5.41) is 9.21. The minimum atomic E-state index is -1.13. The number of hydrogen-bond acceptors (Lipinski definition) is 5. The Kier molecular flexibility index (Phi) is 6.31. The van der Waals surface area contributed by atoms with Crippen molar-refractivity contribution in [1.29, 1.82) is 0 Å². The van der Waals surface area contributed by atoms with Crippen LogP contribution in [0.15, 0.2) is 30.4 Å². The van der Waals surface area contributed by atoms with E-state index in [1.54, 1.807) is 13.0 Å². The molecule has 6 nitrogen and oxygen atoms in total. The molecule has 1 aromatic carbocycles. The first kappa shape index (κ1) is 17.4. The predicted octanol–water partition coefficient (Wildman–Crippen LogP) is 2.22. The van der Waals surface area contributed by atoms with Gasteiger partial charge in [-0.2, -0.15) is 0 Å². The molecule has 0 spiro atoms.